The van der Waals surface area contributed by atoms with Gasteiger partial charge in [-0.2, -0.15) is 0 Å². The maximum absolute atomic E-state index is 5.23. The molecule has 0 aliphatic rings. The van der Waals surface area contributed by atoms with E-state index in [4.69, 9.17) is 4.52 Å². The van der Waals surface area contributed by atoms with Crippen LogP contribution in [0.5, 0.6) is 0 Å². The number of aromatic nitrogens is 3. The second-order valence-corrected chi connectivity index (χ2v) is 4.45. The van der Waals surface area contributed by atoms with Crippen molar-refractivity contribution in [1.29, 1.82) is 0 Å². The highest BCUT2D eigenvalue weighted by atomic mass is 16.5. The fourth-order valence-corrected chi connectivity index (χ4v) is 2.22. The Bertz CT molecular complexity index is 456. The molecule has 0 spiro atoms. The molecule has 2 rings (SSSR count). The zero-order valence-corrected chi connectivity index (χ0v) is 11.2. The second-order valence-electron chi connectivity index (χ2n) is 4.45. The molecule has 5 nitrogen and oxygen atoms in total. The van der Waals surface area contributed by atoms with Gasteiger partial charge in [-0.1, -0.05) is 12.1 Å². The predicted molar refractivity (Wildman–Crippen MR) is 69.2 cm³/mol. The first-order valence-corrected chi connectivity index (χ1v) is 6.34. The molecule has 18 heavy (non-hydrogen) atoms. The monoisotopic (exact) mass is 248 g/mol. The summed E-state index contributed by atoms with van der Waals surface area (Å²) in [6.45, 7) is 7.95. The predicted octanol–water partition coefficient (Wildman–Crippen LogP) is 2.23. The average molecular weight is 248 g/mol. The van der Waals surface area contributed by atoms with Gasteiger partial charge in [0.25, 0.3) is 0 Å². The van der Waals surface area contributed by atoms with Crippen LogP contribution in [-0.4, -0.2) is 21.3 Å². The first-order chi connectivity index (χ1) is 8.72. The molecule has 1 unspecified atom stereocenters. The van der Waals surface area contributed by atoms with Crippen LogP contribution in [0, 0.1) is 13.8 Å². The number of aryl methyl sites for hydroxylation is 2. The normalized spacial score (nSPS) is 12.8. The Morgan fingerprint density at radius 1 is 1.44 bits per heavy atom. The number of imidazole rings is 1. The van der Waals surface area contributed by atoms with Crippen molar-refractivity contribution in [2.24, 2.45) is 0 Å². The van der Waals surface area contributed by atoms with Crippen LogP contribution >= 0.6 is 0 Å². The lowest BCUT2D eigenvalue weighted by Gasteiger charge is -2.17. The highest BCUT2D eigenvalue weighted by Gasteiger charge is 2.18. The van der Waals surface area contributed by atoms with Gasteiger partial charge in [0.15, 0.2) is 0 Å². The Hall–Kier alpha value is -1.62. The van der Waals surface area contributed by atoms with Crippen molar-refractivity contribution in [3.05, 3.63) is 35.7 Å². The minimum absolute atomic E-state index is 0.305. The molecule has 1 atom stereocenters. The zero-order valence-electron chi connectivity index (χ0n) is 11.2. The third kappa shape index (κ3) is 2.79. The molecule has 2 heterocycles. The van der Waals surface area contributed by atoms with Gasteiger partial charge in [0.2, 0.25) is 0 Å². The van der Waals surface area contributed by atoms with Crippen molar-refractivity contribution in [3.63, 3.8) is 0 Å². The fourth-order valence-electron chi connectivity index (χ4n) is 2.22. The number of hydrogen-bond acceptors (Lipinski definition) is 4. The summed E-state index contributed by atoms with van der Waals surface area (Å²) in [6, 6.07) is 0.305. The Kier molecular flexibility index (Phi) is 4.15. The number of nitrogens with one attached hydrogen (secondary N) is 1. The van der Waals surface area contributed by atoms with E-state index in [0.717, 1.165) is 31.0 Å². The van der Waals surface area contributed by atoms with Crippen molar-refractivity contribution < 1.29 is 4.52 Å². The fraction of sp³-hybridized carbons (Fsp3) is 0.538. The van der Waals surface area contributed by atoms with E-state index in [-0.39, 0.29) is 0 Å². The van der Waals surface area contributed by atoms with Crippen molar-refractivity contribution in [3.8, 4) is 0 Å². The number of nitrogens with zero attached hydrogens (tertiary/aromatic N) is 3. The summed E-state index contributed by atoms with van der Waals surface area (Å²) in [5, 5.41) is 7.56. The van der Waals surface area contributed by atoms with Gasteiger partial charge >= 0.3 is 0 Å². The molecular formula is C13H20N4O. The van der Waals surface area contributed by atoms with Crippen LogP contribution in [0.3, 0.4) is 0 Å². The maximum atomic E-state index is 5.23. The summed E-state index contributed by atoms with van der Waals surface area (Å²) in [7, 11) is 0. The van der Waals surface area contributed by atoms with Gasteiger partial charge in [0, 0.05) is 37.1 Å². The Morgan fingerprint density at radius 2 is 2.28 bits per heavy atom. The van der Waals surface area contributed by atoms with E-state index in [2.05, 4.69) is 26.9 Å². The molecule has 0 aromatic carbocycles. The van der Waals surface area contributed by atoms with E-state index >= 15 is 0 Å². The topological polar surface area (TPSA) is 55.9 Å². The minimum atomic E-state index is 0.305. The van der Waals surface area contributed by atoms with E-state index in [1.807, 2.05) is 26.4 Å². The maximum Gasteiger partial charge on any atom is 0.138 e. The Morgan fingerprint density at radius 3 is 2.83 bits per heavy atom. The van der Waals surface area contributed by atoms with E-state index in [9.17, 15) is 0 Å². The average Bonchev–Trinajstić information content (AvgIpc) is 2.97. The van der Waals surface area contributed by atoms with Gasteiger partial charge in [-0.05, 0) is 20.3 Å². The van der Waals surface area contributed by atoms with Gasteiger partial charge in [0.1, 0.15) is 5.76 Å². The molecule has 0 radical (unpaired) electrons. The van der Waals surface area contributed by atoms with Gasteiger partial charge in [-0.3, -0.25) is 0 Å². The van der Waals surface area contributed by atoms with E-state index in [1.165, 1.54) is 5.56 Å². The van der Waals surface area contributed by atoms with Crippen LogP contribution in [0.15, 0.2) is 23.2 Å². The van der Waals surface area contributed by atoms with Gasteiger partial charge < -0.3 is 14.4 Å². The molecule has 5 heteroatoms. The molecule has 0 amide bonds. The molecule has 0 saturated heterocycles. The largest absolute Gasteiger partial charge is 0.361 e. The summed E-state index contributed by atoms with van der Waals surface area (Å²) in [6.07, 6.45) is 6.62. The van der Waals surface area contributed by atoms with Crippen molar-refractivity contribution >= 4 is 0 Å². The standard InChI is InChI=1S/C13H20N4O/c1-4-12(13-10(2)16-18-11(13)3)15-6-8-17-7-5-14-9-17/h5,7,9,12,15H,4,6,8H2,1-3H3. The van der Waals surface area contributed by atoms with Crippen LogP contribution in [0.4, 0.5) is 0 Å². The summed E-state index contributed by atoms with van der Waals surface area (Å²) in [5.74, 6) is 0.912. The lowest BCUT2D eigenvalue weighted by Crippen LogP contribution is -2.25. The lowest BCUT2D eigenvalue weighted by molar-refractivity contribution is 0.389. The van der Waals surface area contributed by atoms with E-state index in [0.29, 0.717) is 6.04 Å². The van der Waals surface area contributed by atoms with Gasteiger partial charge in [-0.25, -0.2) is 4.98 Å². The van der Waals surface area contributed by atoms with E-state index < -0.39 is 0 Å². The quantitative estimate of drug-likeness (QED) is 0.851. The molecule has 0 aliphatic heterocycles. The van der Waals surface area contributed by atoms with Crippen LogP contribution in [0.1, 0.15) is 36.4 Å². The van der Waals surface area contributed by atoms with Crippen molar-refractivity contribution in [2.45, 2.75) is 39.8 Å². The zero-order chi connectivity index (χ0) is 13.0. The third-order valence-electron chi connectivity index (χ3n) is 3.17. The molecule has 0 fully saturated rings. The molecule has 1 N–H and O–H groups in total. The molecule has 2 aromatic heterocycles. The highest BCUT2D eigenvalue weighted by molar-refractivity contribution is 5.24. The first-order valence-electron chi connectivity index (χ1n) is 6.34. The van der Waals surface area contributed by atoms with Gasteiger partial charge in [-0.15, -0.1) is 0 Å². The highest BCUT2D eigenvalue weighted by Crippen LogP contribution is 2.23. The van der Waals surface area contributed by atoms with Crippen molar-refractivity contribution in [2.75, 3.05) is 6.54 Å². The Balaban J connectivity index is 1.93. The van der Waals surface area contributed by atoms with Crippen LogP contribution in [0.2, 0.25) is 0 Å². The van der Waals surface area contributed by atoms with E-state index in [1.54, 1.807) is 6.20 Å². The summed E-state index contributed by atoms with van der Waals surface area (Å²) >= 11 is 0. The molecule has 0 bridgehead atoms. The smallest absolute Gasteiger partial charge is 0.138 e. The summed E-state index contributed by atoms with van der Waals surface area (Å²) in [5.41, 5.74) is 2.18. The van der Waals surface area contributed by atoms with Crippen molar-refractivity contribution in [1.82, 2.24) is 20.0 Å². The second kappa shape index (κ2) is 5.82. The molecule has 98 valence electrons. The SMILES string of the molecule is CCC(NCCn1ccnc1)c1c(C)noc1C. The number of rotatable bonds is 6. The van der Waals surface area contributed by atoms with Crippen LogP contribution in [0.25, 0.3) is 0 Å². The number of hydrogen-bond donors (Lipinski definition) is 1. The molecule has 0 aliphatic carbocycles. The molecule has 0 saturated carbocycles. The lowest BCUT2D eigenvalue weighted by atomic mass is 10.0. The van der Waals surface area contributed by atoms with Gasteiger partial charge in [0.05, 0.1) is 12.0 Å². The summed E-state index contributed by atoms with van der Waals surface area (Å²) in [4.78, 5) is 4.03. The third-order valence-corrected chi connectivity index (χ3v) is 3.17. The van der Waals surface area contributed by atoms with Crippen LogP contribution < -0.4 is 5.32 Å². The Labute approximate surface area is 107 Å². The molecular weight excluding hydrogens is 228 g/mol. The van der Waals surface area contributed by atoms with Crippen LogP contribution in [-0.2, 0) is 6.54 Å². The minimum Gasteiger partial charge on any atom is -0.361 e. The molecule has 2 aromatic rings. The summed E-state index contributed by atoms with van der Waals surface area (Å²) < 4.78 is 7.29. The first kappa shape index (κ1) is 12.8.